The monoisotopic (exact) mass is 381 g/mol. The quantitative estimate of drug-likeness (QED) is 0.695. The van der Waals surface area contributed by atoms with E-state index < -0.39 is 11.9 Å². The molecule has 1 atom stereocenters. The van der Waals surface area contributed by atoms with E-state index in [0.717, 1.165) is 18.4 Å². The van der Waals surface area contributed by atoms with Gasteiger partial charge >= 0.3 is 5.97 Å². The molecule has 0 heterocycles. The molecular formula is C23H27NO4. The molecule has 1 unspecified atom stereocenters. The number of hydrogen-bond acceptors (Lipinski definition) is 3. The van der Waals surface area contributed by atoms with Crippen LogP contribution in [0.4, 0.5) is 0 Å². The minimum atomic E-state index is -0.918. The number of rotatable bonds is 9. The zero-order valence-corrected chi connectivity index (χ0v) is 16.1. The molecule has 3 rings (SSSR count). The highest BCUT2D eigenvalue weighted by atomic mass is 16.5. The third-order valence-corrected chi connectivity index (χ3v) is 5.53. The first kappa shape index (κ1) is 19.9. The lowest BCUT2D eigenvalue weighted by atomic mass is 9.70. The molecule has 5 nitrogen and oxygen atoms in total. The minimum Gasteiger partial charge on any atom is -0.496 e. The summed E-state index contributed by atoms with van der Waals surface area (Å²) in [5, 5.41) is 12.3. The van der Waals surface area contributed by atoms with Gasteiger partial charge in [-0.1, -0.05) is 48.5 Å². The maximum Gasteiger partial charge on any atom is 0.308 e. The highest BCUT2D eigenvalue weighted by Gasteiger charge is 2.31. The molecule has 2 aromatic rings. The lowest BCUT2D eigenvalue weighted by molar-refractivity contribution is -0.141. The molecule has 1 aliphatic rings. The molecule has 0 bridgehead atoms. The van der Waals surface area contributed by atoms with E-state index in [9.17, 15) is 14.7 Å². The average molecular weight is 381 g/mol. The molecule has 1 aliphatic carbocycles. The van der Waals surface area contributed by atoms with Gasteiger partial charge in [0.2, 0.25) is 5.91 Å². The zero-order chi connectivity index (χ0) is 19.9. The van der Waals surface area contributed by atoms with Gasteiger partial charge in [0.05, 0.1) is 13.0 Å². The number of hydrogen-bond donors (Lipinski definition) is 2. The minimum absolute atomic E-state index is 0.0669. The van der Waals surface area contributed by atoms with Crippen molar-refractivity contribution in [3.63, 3.8) is 0 Å². The molecule has 2 aromatic carbocycles. The summed E-state index contributed by atoms with van der Waals surface area (Å²) in [7, 11) is 1.57. The number of benzene rings is 2. The predicted octanol–water partition coefficient (Wildman–Crippen LogP) is 3.64. The van der Waals surface area contributed by atoms with Crippen LogP contribution in [0.2, 0.25) is 0 Å². The van der Waals surface area contributed by atoms with Crippen LogP contribution in [0.3, 0.4) is 0 Å². The molecule has 28 heavy (non-hydrogen) atoms. The van der Waals surface area contributed by atoms with Crippen molar-refractivity contribution in [3.05, 3.63) is 65.7 Å². The first-order valence-electron chi connectivity index (χ1n) is 9.73. The van der Waals surface area contributed by atoms with Gasteiger partial charge < -0.3 is 15.2 Å². The highest BCUT2D eigenvalue weighted by molar-refractivity contribution is 5.77. The number of carboxylic acid groups (broad SMARTS) is 1. The van der Waals surface area contributed by atoms with Gasteiger partial charge in [-0.05, 0) is 48.3 Å². The summed E-state index contributed by atoms with van der Waals surface area (Å²) in [5.74, 6) is -0.0824. The second-order valence-corrected chi connectivity index (χ2v) is 7.50. The molecule has 148 valence electrons. The van der Waals surface area contributed by atoms with E-state index in [2.05, 4.69) is 17.4 Å². The fourth-order valence-electron chi connectivity index (χ4n) is 3.85. The third-order valence-electron chi connectivity index (χ3n) is 5.53. The van der Waals surface area contributed by atoms with Gasteiger partial charge in [-0.3, -0.25) is 9.59 Å². The lowest BCUT2D eigenvalue weighted by Crippen LogP contribution is -2.36. The van der Waals surface area contributed by atoms with E-state index in [0.29, 0.717) is 30.4 Å². The summed E-state index contributed by atoms with van der Waals surface area (Å²) in [5.41, 5.74) is 2.17. The molecular weight excluding hydrogens is 354 g/mol. The molecule has 0 aliphatic heterocycles. The zero-order valence-electron chi connectivity index (χ0n) is 16.1. The van der Waals surface area contributed by atoms with Gasteiger partial charge in [0.25, 0.3) is 0 Å². The number of carboxylic acids is 1. The van der Waals surface area contributed by atoms with Crippen molar-refractivity contribution in [2.75, 3.05) is 13.7 Å². The number of methoxy groups -OCH3 is 1. The van der Waals surface area contributed by atoms with Crippen molar-refractivity contribution in [3.8, 4) is 5.75 Å². The Morgan fingerprint density at radius 1 is 1.11 bits per heavy atom. The Hall–Kier alpha value is -2.82. The lowest BCUT2D eigenvalue weighted by Gasteiger charge is -2.35. The van der Waals surface area contributed by atoms with Crippen LogP contribution < -0.4 is 10.1 Å². The standard InChI is InChI=1S/C23H27NO4/c1-28-21-10-6-5-9-18(21)14-20(23(26)27)15-24-22(25)13-16-11-19(12-16)17-7-3-2-4-8-17/h2-10,16,19-20H,11-15H2,1H3,(H,24,25)(H,26,27). The summed E-state index contributed by atoms with van der Waals surface area (Å²) in [6.07, 6.45) is 2.81. The summed E-state index contributed by atoms with van der Waals surface area (Å²) in [6, 6.07) is 17.7. The van der Waals surface area contributed by atoms with Gasteiger partial charge in [0.15, 0.2) is 0 Å². The van der Waals surface area contributed by atoms with E-state index in [1.54, 1.807) is 7.11 Å². The SMILES string of the molecule is COc1ccccc1CC(CNC(=O)CC1CC(c2ccccc2)C1)C(=O)O. The van der Waals surface area contributed by atoms with Crippen LogP contribution in [0.15, 0.2) is 54.6 Å². The Morgan fingerprint density at radius 2 is 1.79 bits per heavy atom. The highest BCUT2D eigenvalue weighted by Crippen LogP contribution is 2.43. The van der Waals surface area contributed by atoms with Crippen molar-refractivity contribution in [2.45, 2.75) is 31.6 Å². The van der Waals surface area contributed by atoms with Crippen molar-refractivity contribution >= 4 is 11.9 Å². The Bertz CT molecular complexity index is 799. The number of ether oxygens (including phenoxy) is 1. The van der Waals surface area contributed by atoms with Crippen LogP contribution in [0.5, 0.6) is 5.75 Å². The molecule has 1 saturated carbocycles. The fourth-order valence-corrected chi connectivity index (χ4v) is 3.85. The van der Waals surface area contributed by atoms with Crippen LogP contribution in [-0.4, -0.2) is 30.6 Å². The van der Waals surface area contributed by atoms with E-state index in [-0.39, 0.29) is 12.5 Å². The van der Waals surface area contributed by atoms with E-state index >= 15 is 0 Å². The maximum atomic E-state index is 12.3. The van der Waals surface area contributed by atoms with Gasteiger partial charge in [0, 0.05) is 13.0 Å². The third kappa shape index (κ3) is 5.12. The number of carbonyl (C=O) groups excluding carboxylic acids is 1. The van der Waals surface area contributed by atoms with E-state index in [4.69, 9.17) is 4.74 Å². The van der Waals surface area contributed by atoms with Gasteiger partial charge in [-0.25, -0.2) is 0 Å². The molecule has 0 saturated heterocycles. The predicted molar refractivity (Wildman–Crippen MR) is 107 cm³/mol. The van der Waals surface area contributed by atoms with E-state index in [1.807, 2.05) is 42.5 Å². The van der Waals surface area contributed by atoms with Gasteiger partial charge in [-0.2, -0.15) is 0 Å². The molecule has 2 N–H and O–H groups in total. The Kier molecular flexibility index (Phi) is 6.69. The van der Waals surface area contributed by atoms with Crippen LogP contribution in [0.1, 0.15) is 36.3 Å². The molecule has 1 fully saturated rings. The summed E-state index contributed by atoms with van der Waals surface area (Å²) in [4.78, 5) is 23.9. The molecule has 0 spiro atoms. The fraction of sp³-hybridized carbons (Fsp3) is 0.391. The molecule has 0 aromatic heterocycles. The second kappa shape index (κ2) is 9.40. The first-order valence-corrected chi connectivity index (χ1v) is 9.73. The number of nitrogens with one attached hydrogen (secondary N) is 1. The Labute approximate surface area is 165 Å². The first-order chi connectivity index (χ1) is 13.6. The summed E-state index contributed by atoms with van der Waals surface area (Å²) < 4.78 is 5.29. The molecule has 0 radical (unpaired) electrons. The van der Waals surface area contributed by atoms with Crippen LogP contribution >= 0.6 is 0 Å². The van der Waals surface area contributed by atoms with Crippen molar-refractivity contribution in [1.29, 1.82) is 0 Å². The number of aliphatic carboxylic acids is 1. The Morgan fingerprint density at radius 3 is 2.46 bits per heavy atom. The van der Waals surface area contributed by atoms with Crippen LogP contribution in [0.25, 0.3) is 0 Å². The van der Waals surface area contributed by atoms with Crippen molar-refractivity contribution in [2.24, 2.45) is 11.8 Å². The topological polar surface area (TPSA) is 75.6 Å². The van der Waals surface area contributed by atoms with Crippen LogP contribution in [0, 0.1) is 11.8 Å². The Balaban J connectivity index is 1.45. The average Bonchev–Trinajstić information content (AvgIpc) is 2.68. The molecule has 5 heteroatoms. The number of carbonyl (C=O) groups is 2. The smallest absolute Gasteiger partial charge is 0.308 e. The second-order valence-electron chi connectivity index (χ2n) is 7.50. The normalized spacial score (nSPS) is 19.3. The summed E-state index contributed by atoms with van der Waals surface area (Å²) >= 11 is 0. The molecule has 1 amide bonds. The van der Waals surface area contributed by atoms with Gasteiger partial charge in [0.1, 0.15) is 5.75 Å². The van der Waals surface area contributed by atoms with Crippen LogP contribution in [-0.2, 0) is 16.0 Å². The summed E-state index contributed by atoms with van der Waals surface area (Å²) in [6.45, 7) is 0.126. The van der Waals surface area contributed by atoms with Crippen molar-refractivity contribution in [1.82, 2.24) is 5.32 Å². The van der Waals surface area contributed by atoms with Gasteiger partial charge in [-0.15, -0.1) is 0 Å². The number of amides is 1. The maximum absolute atomic E-state index is 12.3. The number of para-hydroxylation sites is 1. The largest absolute Gasteiger partial charge is 0.496 e. The van der Waals surface area contributed by atoms with E-state index in [1.165, 1.54) is 5.56 Å². The van der Waals surface area contributed by atoms with Crippen molar-refractivity contribution < 1.29 is 19.4 Å².